The zero-order valence-corrected chi connectivity index (χ0v) is 13.4. The fraction of sp³-hybridized carbons (Fsp3) is 0.308. The molecule has 2 rings (SSSR count). The fourth-order valence-corrected chi connectivity index (χ4v) is 1.91. The molecule has 0 atom stereocenters. The van der Waals surface area contributed by atoms with Crippen molar-refractivity contribution in [2.24, 2.45) is 0 Å². The van der Waals surface area contributed by atoms with E-state index < -0.39 is 0 Å². The summed E-state index contributed by atoms with van der Waals surface area (Å²) in [5.41, 5.74) is 7.82. The molecule has 20 heavy (non-hydrogen) atoms. The third-order valence-corrected chi connectivity index (χ3v) is 3.89. The van der Waals surface area contributed by atoms with Crippen LogP contribution in [0.5, 0.6) is 11.8 Å². The van der Waals surface area contributed by atoms with Crippen molar-refractivity contribution < 1.29 is 4.74 Å². The number of hydrogen-bond donors (Lipinski definition) is 1. The van der Waals surface area contributed by atoms with Gasteiger partial charge in [0.2, 0.25) is 11.9 Å². The monoisotopic (exact) mass is 337 g/mol. The number of ether oxygens (including phenoxy) is 1. The van der Waals surface area contributed by atoms with Crippen molar-refractivity contribution in [3.63, 3.8) is 0 Å². The molecule has 1 aromatic heterocycles. The second-order valence-electron chi connectivity index (χ2n) is 4.64. The van der Waals surface area contributed by atoms with Crippen LogP contribution < -0.4 is 15.4 Å². The summed E-state index contributed by atoms with van der Waals surface area (Å²) in [6.45, 7) is 3.99. The molecular weight excluding hydrogens is 322 g/mol. The average molecular weight is 338 g/mol. The number of benzene rings is 1. The van der Waals surface area contributed by atoms with Gasteiger partial charge >= 0.3 is 6.01 Å². The Kier molecular flexibility index (Phi) is 4.08. The first-order valence-electron chi connectivity index (χ1n) is 6.00. The lowest BCUT2D eigenvalue weighted by molar-refractivity contribution is 0.440. The molecule has 0 radical (unpaired) electrons. The Hall–Kier alpha value is -1.89. The van der Waals surface area contributed by atoms with Gasteiger partial charge in [0.1, 0.15) is 5.75 Å². The van der Waals surface area contributed by atoms with Crippen molar-refractivity contribution in [1.82, 2.24) is 15.0 Å². The number of nitrogens with zero attached hydrogens (tertiary/aromatic N) is 4. The molecule has 1 heterocycles. The van der Waals surface area contributed by atoms with Crippen LogP contribution in [-0.4, -0.2) is 29.0 Å². The van der Waals surface area contributed by atoms with E-state index in [1.807, 2.05) is 40.1 Å². The van der Waals surface area contributed by atoms with Gasteiger partial charge in [0.05, 0.1) is 0 Å². The third kappa shape index (κ3) is 3.16. The highest BCUT2D eigenvalue weighted by Gasteiger charge is 2.10. The van der Waals surface area contributed by atoms with E-state index >= 15 is 0 Å². The summed E-state index contributed by atoms with van der Waals surface area (Å²) in [6, 6.07) is 4.00. The van der Waals surface area contributed by atoms with Gasteiger partial charge < -0.3 is 15.4 Å². The van der Waals surface area contributed by atoms with Crippen LogP contribution in [0.15, 0.2) is 16.6 Å². The molecule has 0 aliphatic heterocycles. The molecule has 0 saturated heterocycles. The summed E-state index contributed by atoms with van der Waals surface area (Å²) in [6.07, 6.45) is 0. The maximum Gasteiger partial charge on any atom is 0.328 e. The van der Waals surface area contributed by atoms with E-state index in [2.05, 4.69) is 30.9 Å². The van der Waals surface area contributed by atoms with Crippen LogP contribution >= 0.6 is 15.9 Å². The SMILES string of the molecule is Cc1cc(Oc2nc(N)nc(N(C)C)n2)cc(C)c1Br. The first-order valence-corrected chi connectivity index (χ1v) is 6.79. The Morgan fingerprint density at radius 2 is 1.70 bits per heavy atom. The van der Waals surface area contributed by atoms with E-state index in [0.717, 1.165) is 15.6 Å². The minimum absolute atomic E-state index is 0.129. The van der Waals surface area contributed by atoms with Crippen molar-refractivity contribution in [3.8, 4) is 11.8 Å². The molecule has 0 amide bonds. The second-order valence-corrected chi connectivity index (χ2v) is 5.44. The highest BCUT2D eigenvalue weighted by Crippen LogP contribution is 2.28. The van der Waals surface area contributed by atoms with E-state index in [1.54, 1.807) is 4.90 Å². The molecule has 2 aromatic rings. The topological polar surface area (TPSA) is 77.2 Å². The number of halogens is 1. The normalized spacial score (nSPS) is 10.4. The van der Waals surface area contributed by atoms with Gasteiger partial charge in [-0.15, -0.1) is 0 Å². The van der Waals surface area contributed by atoms with E-state index in [0.29, 0.717) is 11.7 Å². The Morgan fingerprint density at radius 3 is 2.25 bits per heavy atom. The standard InChI is InChI=1S/C13H16BrN5O/c1-7-5-9(6-8(2)10(7)14)20-13-17-11(15)16-12(18-13)19(3)4/h5-6H,1-4H3,(H2,15,16,17,18). The third-order valence-electron chi connectivity index (χ3n) is 2.64. The van der Waals surface area contributed by atoms with Gasteiger partial charge in [-0.05, 0) is 37.1 Å². The van der Waals surface area contributed by atoms with Crippen LogP contribution in [0.3, 0.4) is 0 Å². The van der Waals surface area contributed by atoms with Crippen LogP contribution in [0.1, 0.15) is 11.1 Å². The molecule has 2 N–H and O–H groups in total. The maximum atomic E-state index is 5.68. The molecule has 0 spiro atoms. The largest absolute Gasteiger partial charge is 0.424 e. The average Bonchev–Trinajstić information content (AvgIpc) is 2.35. The predicted molar refractivity (Wildman–Crippen MR) is 82.3 cm³/mol. The highest BCUT2D eigenvalue weighted by molar-refractivity contribution is 9.10. The molecular formula is C13H16BrN5O. The number of nitrogens with two attached hydrogens (primary N) is 1. The minimum Gasteiger partial charge on any atom is -0.424 e. The molecule has 6 nitrogen and oxygen atoms in total. The van der Waals surface area contributed by atoms with Gasteiger partial charge in [0.25, 0.3) is 0 Å². The molecule has 0 fully saturated rings. The van der Waals surface area contributed by atoms with Gasteiger partial charge in [-0.3, -0.25) is 0 Å². The number of rotatable bonds is 3. The van der Waals surface area contributed by atoms with Crippen LogP contribution in [0.25, 0.3) is 0 Å². The van der Waals surface area contributed by atoms with Gasteiger partial charge in [0.15, 0.2) is 0 Å². The Morgan fingerprint density at radius 1 is 1.10 bits per heavy atom. The van der Waals surface area contributed by atoms with Crippen LogP contribution in [-0.2, 0) is 0 Å². The Labute approximate surface area is 126 Å². The summed E-state index contributed by atoms with van der Waals surface area (Å²) in [7, 11) is 3.65. The summed E-state index contributed by atoms with van der Waals surface area (Å²) in [5, 5.41) is 0. The van der Waals surface area contributed by atoms with Crippen molar-refractivity contribution >= 4 is 27.8 Å². The van der Waals surface area contributed by atoms with Crippen molar-refractivity contribution in [2.75, 3.05) is 24.7 Å². The molecule has 7 heteroatoms. The Bertz CT molecular complexity index is 622. The lowest BCUT2D eigenvalue weighted by atomic mass is 10.1. The molecule has 0 saturated carbocycles. The number of aryl methyl sites for hydroxylation is 2. The molecule has 0 aliphatic rings. The van der Waals surface area contributed by atoms with E-state index in [4.69, 9.17) is 10.5 Å². The van der Waals surface area contributed by atoms with E-state index in [1.165, 1.54) is 0 Å². The summed E-state index contributed by atoms with van der Waals surface area (Å²) in [4.78, 5) is 13.9. The zero-order valence-electron chi connectivity index (χ0n) is 11.8. The molecule has 0 bridgehead atoms. The van der Waals surface area contributed by atoms with E-state index in [9.17, 15) is 0 Å². The lowest BCUT2D eigenvalue weighted by Crippen LogP contribution is -2.15. The first kappa shape index (κ1) is 14.5. The zero-order chi connectivity index (χ0) is 14.9. The maximum absolute atomic E-state index is 5.68. The summed E-state index contributed by atoms with van der Waals surface area (Å²) < 4.78 is 6.74. The van der Waals surface area contributed by atoms with Crippen LogP contribution in [0, 0.1) is 13.8 Å². The van der Waals surface area contributed by atoms with Gasteiger partial charge in [-0.2, -0.15) is 15.0 Å². The molecule has 0 unspecified atom stereocenters. The van der Waals surface area contributed by atoms with Gasteiger partial charge in [-0.25, -0.2) is 0 Å². The lowest BCUT2D eigenvalue weighted by Gasteiger charge is -2.12. The van der Waals surface area contributed by atoms with Gasteiger partial charge in [-0.1, -0.05) is 15.9 Å². The first-order chi connectivity index (χ1) is 9.36. The van der Waals surface area contributed by atoms with Gasteiger partial charge in [0, 0.05) is 18.6 Å². The van der Waals surface area contributed by atoms with Crippen molar-refractivity contribution in [1.29, 1.82) is 0 Å². The number of hydrogen-bond acceptors (Lipinski definition) is 6. The quantitative estimate of drug-likeness (QED) is 0.927. The highest BCUT2D eigenvalue weighted by atomic mass is 79.9. The van der Waals surface area contributed by atoms with Crippen molar-refractivity contribution in [3.05, 3.63) is 27.7 Å². The summed E-state index contributed by atoms with van der Waals surface area (Å²) >= 11 is 3.52. The van der Waals surface area contributed by atoms with Crippen LogP contribution in [0.4, 0.5) is 11.9 Å². The smallest absolute Gasteiger partial charge is 0.328 e. The molecule has 106 valence electrons. The fourth-order valence-electron chi connectivity index (χ4n) is 1.68. The summed E-state index contributed by atoms with van der Waals surface area (Å²) in [5.74, 6) is 1.25. The number of aromatic nitrogens is 3. The van der Waals surface area contributed by atoms with E-state index in [-0.39, 0.29) is 12.0 Å². The number of anilines is 2. The minimum atomic E-state index is 0.129. The second kappa shape index (κ2) is 5.62. The number of nitrogen functional groups attached to an aromatic ring is 1. The Balaban J connectivity index is 2.35. The molecule has 1 aromatic carbocycles. The predicted octanol–water partition coefficient (Wildman–Crippen LogP) is 2.69. The van der Waals surface area contributed by atoms with Crippen molar-refractivity contribution in [2.45, 2.75) is 13.8 Å². The van der Waals surface area contributed by atoms with Crippen LogP contribution in [0.2, 0.25) is 0 Å². The molecule has 0 aliphatic carbocycles.